The van der Waals surface area contributed by atoms with E-state index in [2.05, 4.69) is 0 Å². The van der Waals surface area contributed by atoms with Crippen molar-refractivity contribution in [3.8, 4) is 11.5 Å². The van der Waals surface area contributed by atoms with Crippen LogP contribution < -0.4 is 15.1 Å². The van der Waals surface area contributed by atoms with Crippen LogP contribution in [0.4, 0.5) is 0 Å². The van der Waals surface area contributed by atoms with E-state index in [1.807, 2.05) is 32.0 Å². The van der Waals surface area contributed by atoms with E-state index in [1.165, 1.54) is 12.1 Å². The number of hydrogen-bond donors (Lipinski definition) is 0. The standard InChI is InChI=1S/C20H18O5/c1-3-14-5-4-6-15(10-14)23-12-20(22)24-16-7-8-17-13(2)9-19(21)25-18(17)11-16/h4-11H,3,12H2,1-2H3. The quantitative estimate of drug-likeness (QED) is 0.404. The van der Waals surface area contributed by atoms with Crippen LogP contribution in [0.2, 0.25) is 0 Å². The van der Waals surface area contributed by atoms with Gasteiger partial charge < -0.3 is 13.9 Å². The Labute approximate surface area is 144 Å². The Morgan fingerprint density at radius 2 is 1.92 bits per heavy atom. The average Bonchev–Trinajstić information content (AvgIpc) is 2.59. The fourth-order valence-corrected chi connectivity index (χ4v) is 2.53. The number of ether oxygens (including phenoxy) is 2. The second-order valence-electron chi connectivity index (χ2n) is 5.67. The first-order valence-corrected chi connectivity index (χ1v) is 8.02. The monoisotopic (exact) mass is 338 g/mol. The average molecular weight is 338 g/mol. The molecule has 25 heavy (non-hydrogen) atoms. The molecule has 5 heteroatoms. The van der Waals surface area contributed by atoms with Crippen LogP contribution in [0, 0.1) is 6.92 Å². The molecule has 0 bridgehead atoms. The van der Waals surface area contributed by atoms with Crippen LogP contribution in [0.1, 0.15) is 18.1 Å². The molecule has 1 aromatic heterocycles. The Kier molecular flexibility index (Phi) is 4.84. The maximum Gasteiger partial charge on any atom is 0.349 e. The number of esters is 1. The van der Waals surface area contributed by atoms with Gasteiger partial charge in [0.25, 0.3) is 0 Å². The zero-order valence-electron chi connectivity index (χ0n) is 14.1. The van der Waals surface area contributed by atoms with Crippen LogP contribution in [0.3, 0.4) is 0 Å². The van der Waals surface area contributed by atoms with Gasteiger partial charge in [0, 0.05) is 17.5 Å². The lowest BCUT2D eigenvalue weighted by Crippen LogP contribution is -2.17. The second kappa shape index (κ2) is 7.21. The number of carbonyl (C=O) groups excluding carboxylic acids is 1. The summed E-state index contributed by atoms with van der Waals surface area (Å²) in [5.41, 5.74) is 1.88. The van der Waals surface area contributed by atoms with Gasteiger partial charge in [-0.3, -0.25) is 0 Å². The van der Waals surface area contributed by atoms with Gasteiger partial charge in [0.1, 0.15) is 17.1 Å². The molecule has 0 aliphatic rings. The van der Waals surface area contributed by atoms with Crippen LogP contribution in [0.5, 0.6) is 11.5 Å². The third kappa shape index (κ3) is 4.07. The number of fused-ring (bicyclic) bond motifs is 1. The van der Waals surface area contributed by atoms with E-state index in [9.17, 15) is 9.59 Å². The van der Waals surface area contributed by atoms with Gasteiger partial charge in [0.15, 0.2) is 6.61 Å². The van der Waals surface area contributed by atoms with Crippen molar-refractivity contribution in [1.29, 1.82) is 0 Å². The Hall–Kier alpha value is -3.08. The van der Waals surface area contributed by atoms with Crippen LogP contribution >= 0.6 is 0 Å². The molecule has 0 spiro atoms. The minimum absolute atomic E-state index is 0.205. The fraction of sp³-hybridized carbons (Fsp3) is 0.200. The normalized spacial score (nSPS) is 10.6. The maximum absolute atomic E-state index is 12.0. The zero-order valence-corrected chi connectivity index (χ0v) is 14.1. The number of benzene rings is 2. The maximum atomic E-state index is 12.0. The largest absolute Gasteiger partial charge is 0.482 e. The molecular weight excluding hydrogens is 320 g/mol. The fourth-order valence-electron chi connectivity index (χ4n) is 2.53. The summed E-state index contributed by atoms with van der Waals surface area (Å²) in [6.07, 6.45) is 0.892. The zero-order chi connectivity index (χ0) is 17.8. The molecule has 0 atom stereocenters. The molecular formula is C20H18O5. The minimum Gasteiger partial charge on any atom is -0.482 e. The van der Waals surface area contributed by atoms with Crippen molar-refractivity contribution in [2.45, 2.75) is 20.3 Å². The van der Waals surface area contributed by atoms with Gasteiger partial charge in [-0.2, -0.15) is 0 Å². The molecule has 0 radical (unpaired) electrons. The van der Waals surface area contributed by atoms with E-state index in [-0.39, 0.29) is 6.61 Å². The molecule has 128 valence electrons. The molecule has 0 aliphatic heterocycles. The molecule has 3 rings (SSSR count). The van der Waals surface area contributed by atoms with Crippen molar-refractivity contribution >= 4 is 16.9 Å². The van der Waals surface area contributed by atoms with Gasteiger partial charge >= 0.3 is 11.6 Å². The van der Waals surface area contributed by atoms with Gasteiger partial charge in [-0.05, 0) is 48.7 Å². The van der Waals surface area contributed by atoms with E-state index >= 15 is 0 Å². The van der Waals surface area contributed by atoms with Crippen molar-refractivity contribution in [1.82, 2.24) is 0 Å². The van der Waals surface area contributed by atoms with Crippen molar-refractivity contribution in [2.75, 3.05) is 6.61 Å². The Bertz CT molecular complexity index is 971. The topological polar surface area (TPSA) is 65.7 Å². The first-order valence-electron chi connectivity index (χ1n) is 8.02. The number of rotatable bonds is 5. The summed E-state index contributed by atoms with van der Waals surface area (Å²) in [7, 11) is 0. The first kappa shape index (κ1) is 16.8. The molecule has 0 N–H and O–H groups in total. The van der Waals surface area contributed by atoms with E-state index in [0.29, 0.717) is 17.1 Å². The smallest absolute Gasteiger partial charge is 0.349 e. The summed E-state index contributed by atoms with van der Waals surface area (Å²) in [6, 6.07) is 13.9. The summed E-state index contributed by atoms with van der Waals surface area (Å²) < 4.78 is 15.9. The molecule has 1 heterocycles. The lowest BCUT2D eigenvalue weighted by Gasteiger charge is -2.08. The van der Waals surface area contributed by atoms with Crippen LogP contribution in [0.15, 0.2) is 57.7 Å². The van der Waals surface area contributed by atoms with E-state index < -0.39 is 11.6 Å². The Morgan fingerprint density at radius 1 is 1.08 bits per heavy atom. The summed E-state index contributed by atoms with van der Waals surface area (Å²) in [5.74, 6) is 0.393. The lowest BCUT2D eigenvalue weighted by molar-refractivity contribution is -0.136. The summed E-state index contributed by atoms with van der Waals surface area (Å²) in [5, 5.41) is 0.798. The van der Waals surface area contributed by atoms with Crippen LogP contribution in [0.25, 0.3) is 11.0 Å². The molecule has 3 aromatic rings. The van der Waals surface area contributed by atoms with E-state index in [1.54, 1.807) is 18.2 Å². The van der Waals surface area contributed by atoms with Gasteiger partial charge in [-0.15, -0.1) is 0 Å². The number of aryl methyl sites for hydroxylation is 2. The lowest BCUT2D eigenvalue weighted by atomic mass is 10.1. The first-order chi connectivity index (χ1) is 12.0. The molecule has 0 fully saturated rings. The Morgan fingerprint density at radius 3 is 2.72 bits per heavy atom. The van der Waals surface area contributed by atoms with Crippen molar-refractivity contribution in [2.24, 2.45) is 0 Å². The van der Waals surface area contributed by atoms with E-state index in [4.69, 9.17) is 13.9 Å². The van der Waals surface area contributed by atoms with Crippen molar-refractivity contribution in [3.05, 3.63) is 70.1 Å². The third-order valence-electron chi connectivity index (χ3n) is 3.82. The van der Waals surface area contributed by atoms with E-state index in [0.717, 1.165) is 22.9 Å². The summed E-state index contributed by atoms with van der Waals surface area (Å²) >= 11 is 0. The molecule has 0 unspecified atom stereocenters. The third-order valence-corrected chi connectivity index (χ3v) is 3.82. The summed E-state index contributed by atoms with van der Waals surface area (Å²) in [4.78, 5) is 23.4. The summed E-state index contributed by atoms with van der Waals surface area (Å²) in [6.45, 7) is 3.67. The SMILES string of the molecule is CCc1cccc(OCC(=O)Oc2ccc3c(C)cc(=O)oc3c2)c1. The molecule has 0 amide bonds. The predicted octanol–water partition coefficient (Wildman–Crippen LogP) is 3.65. The minimum atomic E-state index is -0.531. The molecule has 5 nitrogen and oxygen atoms in total. The predicted molar refractivity (Wildman–Crippen MR) is 94.2 cm³/mol. The van der Waals surface area contributed by atoms with Gasteiger partial charge in [-0.1, -0.05) is 19.1 Å². The van der Waals surface area contributed by atoms with Crippen molar-refractivity contribution in [3.63, 3.8) is 0 Å². The van der Waals surface area contributed by atoms with Crippen LogP contribution in [-0.2, 0) is 11.2 Å². The highest BCUT2D eigenvalue weighted by molar-refractivity contribution is 5.82. The Balaban J connectivity index is 1.68. The molecule has 0 saturated carbocycles. The number of hydrogen-bond acceptors (Lipinski definition) is 5. The molecule has 2 aromatic carbocycles. The van der Waals surface area contributed by atoms with Crippen LogP contribution in [-0.4, -0.2) is 12.6 Å². The van der Waals surface area contributed by atoms with Gasteiger partial charge in [0.05, 0.1) is 0 Å². The van der Waals surface area contributed by atoms with Gasteiger partial charge in [0.2, 0.25) is 0 Å². The highest BCUT2D eigenvalue weighted by atomic mass is 16.6. The molecule has 0 saturated heterocycles. The second-order valence-corrected chi connectivity index (χ2v) is 5.67. The van der Waals surface area contributed by atoms with Gasteiger partial charge in [-0.25, -0.2) is 9.59 Å². The highest BCUT2D eigenvalue weighted by Gasteiger charge is 2.09. The molecule has 0 aliphatic carbocycles. The number of carbonyl (C=O) groups is 1. The van der Waals surface area contributed by atoms with Crippen molar-refractivity contribution < 1.29 is 18.7 Å². The highest BCUT2D eigenvalue weighted by Crippen LogP contribution is 2.22.